The van der Waals surface area contributed by atoms with Gasteiger partial charge in [0.2, 0.25) is 0 Å². The molecule has 0 saturated carbocycles. The van der Waals surface area contributed by atoms with Gasteiger partial charge in [0.05, 0.1) is 6.26 Å². The predicted octanol–water partition coefficient (Wildman–Crippen LogP) is 3.87. The Labute approximate surface area is 107 Å². The van der Waals surface area contributed by atoms with E-state index in [0.29, 0.717) is 11.5 Å². The third-order valence-corrected chi connectivity index (χ3v) is 3.71. The SMILES string of the molecule is OC(CSc1ccc(Br)cc1)c1ccco1. The zero-order valence-electron chi connectivity index (χ0n) is 8.47. The summed E-state index contributed by atoms with van der Waals surface area (Å²) in [5.41, 5.74) is 0. The highest BCUT2D eigenvalue weighted by molar-refractivity contribution is 9.10. The van der Waals surface area contributed by atoms with Crippen molar-refractivity contribution in [3.63, 3.8) is 0 Å². The molecule has 16 heavy (non-hydrogen) atoms. The second-order valence-corrected chi connectivity index (χ2v) is 5.31. The Hall–Kier alpha value is -0.710. The van der Waals surface area contributed by atoms with E-state index in [9.17, 15) is 5.11 Å². The van der Waals surface area contributed by atoms with Gasteiger partial charge in [0.1, 0.15) is 11.9 Å². The number of thioether (sulfide) groups is 1. The summed E-state index contributed by atoms with van der Waals surface area (Å²) in [6, 6.07) is 11.6. The van der Waals surface area contributed by atoms with Crippen LogP contribution in [-0.2, 0) is 0 Å². The quantitative estimate of drug-likeness (QED) is 0.870. The molecular weight excluding hydrogens is 288 g/mol. The molecule has 1 N–H and O–H groups in total. The van der Waals surface area contributed by atoms with Gasteiger partial charge in [-0.25, -0.2) is 0 Å². The number of hydrogen-bond acceptors (Lipinski definition) is 3. The van der Waals surface area contributed by atoms with Crippen molar-refractivity contribution in [1.82, 2.24) is 0 Å². The summed E-state index contributed by atoms with van der Waals surface area (Å²) < 4.78 is 6.19. The molecule has 2 rings (SSSR count). The summed E-state index contributed by atoms with van der Waals surface area (Å²) in [4.78, 5) is 1.13. The van der Waals surface area contributed by atoms with Crippen LogP contribution in [0.3, 0.4) is 0 Å². The van der Waals surface area contributed by atoms with E-state index in [2.05, 4.69) is 15.9 Å². The summed E-state index contributed by atoms with van der Waals surface area (Å²) in [7, 11) is 0. The minimum Gasteiger partial charge on any atom is -0.467 e. The van der Waals surface area contributed by atoms with Crippen LogP contribution < -0.4 is 0 Å². The molecule has 0 aliphatic carbocycles. The fourth-order valence-electron chi connectivity index (χ4n) is 1.27. The lowest BCUT2D eigenvalue weighted by molar-refractivity contribution is 0.174. The second-order valence-electron chi connectivity index (χ2n) is 3.30. The molecular formula is C12H11BrO2S. The van der Waals surface area contributed by atoms with E-state index in [1.165, 1.54) is 0 Å². The van der Waals surface area contributed by atoms with E-state index in [0.717, 1.165) is 9.37 Å². The first-order valence-electron chi connectivity index (χ1n) is 4.85. The molecule has 0 fully saturated rings. The molecule has 0 spiro atoms. The van der Waals surface area contributed by atoms with E-state index in [1.807, 2.05) is 24.3 Å². The summed E-state index contributed by atoms with van der Waals surface area (Å²) in [5, 5.41) is 9.80. The zero-order valence-corrected chi connectivity index (χ0v) is 10.9. The predicted molar refractivity (Wildman–Crippen MR) is 68.5 cm³/mol. The first-order valence-corrected chi connectivity index (χ1v) is 6.63. The molecule has 4 heteroatoms. The molecule has 0 aliphatic heterocycles. The summed E-state index contributed by atoms with van der Waals surface area (Å²) in [5.74, 6) is 1.21. The van der Waals surface area contributed by atoms with Gasteiger partial charge < -0.3 is 9.52 Å². The van der Waals surface area contributed by atoms with Crippen molar-refractivity contribution in [2.45, 2.75) is 11.0 Å². The normalized spacial score (nSPS) is 12.6. The molecule has 2 nitrogen and oxygen atoms in total. The molecule has 1 unspecified atom stereocenters. The van der Waals surface area contributed by atoms with Gasteiger partial charge in [0, 0.05) is 15.1 Å². The fraction of sp³-hybridized carbons (Fsp3) is 0.167. The number of aliphatic hydroxyl groups is 1. The lowest BCUT2D eigenvalue weighted by atomic mass is 10.3. The van der Waals surface area contributed by atoms with Gasteiger partial charge in [-0.1, -0.05) is 15.9 Å². The number of aliphatic hydroxyl groups excluding tert-OH is 1. The molecule has 1 aromatic carbocycles. The minimum atomic E-state index is -0.552. The van der Waals surface area contributed by atoms with Crippen LogP contribution in [0.5, 0.6) is 0 Å². The molecule has 0 aliphatic rings. The van der Waals surface area contributed by atoms with Gasteiger partial charge in [-0.05, 0) is 36.4 Å². The van der Waals surface area contributed by atoms with Gasteiger partial charge in [-0.3, -0.25) is 0 Å². The molecule has 0 bridgehead atoms. The fourth-order valence-corrected chi connectivity index (χ4v) is 2.38. The number of furan rings is 1. The number of rotatable bonds is 4. The maximum Gasteiger partial charge on any atom is 0.133 e. The Morgan fingerprint density at radius 2 is 2.00 bits per heavy atom. The molecule has 1 atom stereocenters. The van der Waals surface area contributed by atoms with Crippen molar-refractivity contribution < 1.29 is 9.52 Å². The molecule has 2 aromatic rings. The maximum atomic E-state index is 9.80. The topological polar surface area (TPSA) is 33.4 Å². The first kappa shape index (κ1) is 11.8. The van der Waals surface area contributed by atoms with Gasteiger partial charge in [-0.15, -0.1) is 11.8 Å². The average Bonchev–Trinajstić information content (AvgIpc) is 2.81. The van der Waals surface area contributed by atoms with E-state index in [-0.39, 0.29) is 0 Å². The second kappa shape index (κ2) is 5.57. The highest BCUT2D eigenvalue weighted by Gasteiger charge is 2.10. The Balaban J connectivity index is 1.90. The van der Waals surface area contributed by atoms with E-state index in [1.54, 1.807) is 30.2 Å². The third kappa shape index (κ3) is 3.14. The molecule has 1 aromatic heterocycles. The van der Waals surface area contributed by atoms with Crippen molar-refractivity contribution in [3.8, 4) is 0 Å². The van der Waals surface area contributed by atoms with E-state index >= 15 is 0 Å². The van der Waals surface area contributed by atoms with Crippen molar-refractivity contribution in [3.05, 3.63) is 52.9 Å². The van der Waals surface area contributed by atoms with Crippen molar-refractivity contribution in [2.75, 3.05) is 5.75 Å². The maximum absolute atomic E-state index is 9.80. The summed E-state index contributed by atoms with van der Waals surface area (Å²) >= 11 is 4.99. The lowest BCUT2D eigenvalue weighted by Crippen LogP contribution is -1.98. The van der Waals surface area contributed by atoms with Crippen LogP contribution >= 0.6 is 27.7 Å². The van der Waals surface area contributed by atoms with Gasteiger partial charge in [0.15, 0.2) is 0 Å². The monoisotopic (exact) mass is 298 g/mol. The highest BCUT2D eigenvalue weighted by atomic mass is 79.9. The standard InChI is InChI=1S/C12H11BrO2S/c13-9-3-5-10(6-4-9)16-8-11(14)12-2-1-7-15-12/h1-7,11,14H,8H2. The van der Waals surface area contributed by atoms with Gasteiger partial charge in [0.25, 0.3) is 0 Å². The highest BCUT2D eigenvalue weighted by Crippen LogP contribution is 2.25. The first-order chi connectivity index (χ1) is 7.75. The molecule has 0 radical (unpaired) electrons. The van der Waals surface area contributed by atoms with Crippen LogP contribution in [0.25, 0.3) is 0 Å². The van der Waals surface area contributed by atoms with E-state index in [4.69, 9.17) is 4.42 Å². The van der Waals surface area contributed by atoms with Crippen molar-refractivity contribution in [1.29, 1.82) is 0 Å². The smallest absolute Gasteiger partial charge is 0.133 e. The van der Waals surface area contributed by atoms with Crippen LogP contribution in [0.4, 0.5) is 0 Å². The number of halogens is 1. The van der Waals surface area contributed by atoms with Crippen LogP contribution in [0, 0.1) is 0 Å². The third-order valence-electron chi connectivity index (χ3n) is 2.09. The van der Waals surface area contributed by atoms with Gasteiger partial charge >= 0.3 is 0 Å². The van der Waals surface area contributed by atoms with Gasteiger partial charge in [-0.2, -0.15) is 0 Å². The molecule has 0 saturated heterocycles. The summed E-state index contributed by atoms with van der Waals surface area (Å²) in [6.07, 6.45) is 1.02. The Morgan fingerprint density at radius 3 is 2.62 bits per heavy atom. The average molecular weight is 299 g/mol. The molecule has 0 amide bonds. The Kier molecular flexibility index (Phi) is 4.09. The molecule has 84 valence electrons. The Morgan fingerprint density at radius 1 is 1.25 bits per heavy atom. The van der Waals surface area contributed by atoms with Crippen LogP contribution in [0.15, 0.2) is 56.4 Å². The number of benzene rings is 1. The molecule has 1 heterocycles. The zero-order chi connectivity index (χ0) is 11.4. The largest absolute Gasteiger partial charge is 0.467 e. The van der Waals surface area contributed by atoms with Crippen LogP contribution in [-0.4, -0.2) is 10.9 Å². The number of hydrogen-bond donors (Lipinski definition) is 1. The van der Waals surface area contributed by atoms with Crippen LogP contribution in [0.1, 0.15) is 11.9 Å². The van der Waals surface area contributed by atoms with Crippen molar-refractivity contribution in [2.24, 2.45) is 0 Å². The Bertz CT molecular complexity index is 425. The lowest BCUT2D eigenvalue weighted by Gasteiger charge is -2.07. The summed E-state index contributed by atoms with van der Waals surface area (Å²) in [6.45, 7) is 0. The van der Waals surface area contributed by atoms with E-state index < -0.39 is 6.10 Å². The van der Waals surface area contributed by atoms with Crippen molar-refractivity contribution >= 4 is 27.7 Å². The minimum absolute atomic E-state index is 0.552. The van der Waals surface area contributed by atoms with Crippen LogP contribution in [0.2, 0.25) is 0 Å².